The highest BCUT2D eigenvalue weighted by atomic mass is 32.1. The molecule has 0 saturated carbocycles. The molecule has 0 aliphatic carbocycles. The van der Waals surface area contributed by atoms with Crippen LogP contribution in [0.3, 0.4) is 0 Å². The Morgan fingerprint density at radius 3 is 2.48 bits per heavy atom. The minimum absolute atomic E-state index is 0.0303. The van der Waals surface area contributed by atoms with Crippen molar-refractivity contribution in [1.82, 2.24) is 0 Å². The average Bonchev–Trinajstić information content (AvgIpc) is 2.92. The first-order valence-electron chi connectivity index (χ1n) is 6.51. The zero-order valence-corrected chi connectivity index (χ0v) is 12.3. The summed E-state index contributed by atoms with van der Waals surface area (Å²) >= 11 is 1.07. The van der Waals surface area contributed by atoms with Crippen molar-refractivity contribution in [2.45, 2.75) is 6.18 Å². The van der Waals surface area contributed by atoms with E-state index in [9.17, 15) is 22.4 Å². The van der Waals surface area contributed by atoms with Crippen molar-refractivity contribution in [3.05, 3.63) is 64.8 Å². The van der Waals surface area contributed by atoms with Gasteiger partial charge >= 0.3 is 6.18 Å². The predicted octanol–water partition coefficient (Wildman–Crippen LogP) is 5.31. The van der Waals surface area contributed by atoms with Gasteiger partial charge in [0.2, 0.25) is 0 Å². The van der Waals surface area contributed by atoms with Crippen molar-refractivity contribution in [1.29, 1.82) is 0 Å². The minimum atomic E-state index is -4.48. The summed E-state index contributed by atoms with van der Waals surface area (Å²) in [5.74, 6) is -1.03. The molecule has 3 rings (SSSR count). The van der Waals surface area contributed by atoms with E-state index in [2.05, 4.69) is 5.32 Å². The van der Waals surface area contributed by atoms with E-state index in [1.807, 2.05) is 0 Å². The van der Waals surface area contributed by atoms with Gasteiger partial charge in [0.1, 0.15) is 5.82 Å². The van der Waals surface area contributed by atoms with Crippen LogP contribution in [-0.4, -0.2) is 5.91 Å². The van der Waals surface area contributed by atoms with Crippen LogP contribution >= 0.6 is 11.3 Å². The van der Waals surface area contributed by atoms with Crippen LogP contribution in [0.2, 0.25) is 0 Å². The lowest BCUT2D eigenvalue weighted by Gasteiger charge is -2.09. The molecule has 0 atom stereocenters. The number of hydrogen-bond donors (Lipinski definition) is 1. The van der Waals surface area contributed by atoms with Gasteiger partial charge in [-0.05, 0) is 36.4 Å². The normalized spacial score (nSPS) is 11.7. The van der Waals surface area contributed by atoms with Gasteiger partial charge in [-0.25, -0.2) is 4.39 Å². The van der Waals surface area contributed by atoms with E-state index in [-0.39, 0.29) is 10.6 Å². The fourth-order valence-electron chi connectivity index (χ4n) is 2.10. The maximum atomic E-state index is 13.6. The molecule has 0 bridgehead atoms. The van der Waals surface area contributed by atoms with Gasteiger partial charge in [-0.1, -0.05) is 12.1 Å². The van der Waals surface area contributed by atoms with E-state index >= 15 is 0 Å². The Labute approximate surface area is 132 Å². The molecular weight excluding hydrogens is 330 g/mol. The standard InChI is InChI=1S/C16H9F4NOS/c17-12-5-2-6-13-11(12)8-14(23-13)15(22)21-10-4-1-3-9(7-10)16(18,19)20/h1-8H,(H,21,22). The molecule has 0 unspecified atom stereocenters. The van der Waals surface area contributed by atoms with Gasteiger partial charge in [0.15, 0.2) is 0 Å². The van der Waals surface area contributed by atoms with Gasteiger partial charge in [0.25, 0.3) is 5.91 Å². The molecule has 0 aliphatic rings. The average molecular weight is 339 g/mol. The molecule has 0 aliphatic heterocycles. The van der Waals surface area contributed by atoms with Gasteiger partial charge < -0.3 is 5.32 Å². The molecule has 118 valence electrons. The van der Waals surface area contributed by atoms with Crippen LogP contribution in [0.1, 0.15) is 15.2 Å². The molecule has 1 amide bonds. The Morgan fingerprint density at radius 1 is 1.04 bits per heavy atom. The molecule has 0 radical (unpaired) electrons. The molecule has 0 saturated heterocycles. The van der Waals surface area contributed by atoms with Crippen molar-refractivity contribution in [2.24, 2.45) is 0 Å². The number of fused-ring (bicyclic) bond motifs is 1. The summed E-state index contributed by atoms with van der Waals surface area (Å²) in [6.07, 6.45) is -4.48. The third-order valence-corrected chi connectivity index (χ3v) is 4.28. The lowest BCUT2D eigenvalue weighted by Crippen LogP contribution is -2.11. The molecular formula is C16H9F4NOS. The van der Waals surface area contributed by atoms with E-state index in [0.29, 0.717) is 10.1 Å². The molecule has 0 spiro atoms. The van der Waals surface area contributed by atoms with Crippen LogP contribution in [0.25, 0.3) is 10.1 Å². The molecule has 2 nitrogen and oxygen atoms in total. The SMILES string of the molecule is O=C(Nc1cccc(C(F)(F)F)c1)c1cc2c(F)cccc2s1. The molecule has 1 heterocycles. The third kappa shape index (κ3) is 3.19. The highest BCUT2D eigenvalue weighted by Gasteiger charge is 2.30. The molecule has 7 heteroatoms. The molecule has 0 fully saturated rings. The summed E-state index contributed by atoms with van der Waals surface area (Å²) in [7, 11) is 0. The number of amides is 1. The van der Waals surface area contributed by atoms with Crippen LogP contribution in [-0.2, 0) is 6.18 Å². The third-order valence-electron chi connectivity index (χ3n) is 3.18. The smallest absolute Gasteiger partial charge is 0.321 e. The molecule has 3 aromatic rings. The van der Waals surface area contributed by atoms with E-state index in [1.54, 1.807) is 6.07 Å². The van der Waals surface area contributed by atoms with E-state index in [0.717, 1.165) is 23.5 Å². The summed E-state index contributed by atoms with van der Waals surface area (Å²) in [4.78, 5) is 12.4. The van der Waals surface area contributed by atoms with Gasteiger partial charge in [-0.2, -0.15) is 13.2 Å². The van der Waals surface area contributed by atoms with E-state index < -0.39 is 23.5 Å². The number of carbonyl (C=O) groups is 1. The monoisotopic (exact) mass is 339 g/mol. The van der Waals surface area contributed by atoms with Crippen molar-refractivity contribution in [2.75, 3.05) is 5.32 Å². The highest BCUT2D eigenvalue weighted by molar-refractivity contribution is 7.20. The van der Waals surface area contributed by atoms with Gasteiger partial charge in [-0.3, -0.25) is 4.79 Å². The summed E-state index contributed by atoms with van der Waals surface area (Å²) in [5, 5.41) is 2.71. The fraction of sp³-hybridized carbons (Fsp3) is 0.0625. The zero-order chi connectivity index (χ0) is 16.6. The summed E-state index contributed by atoms with van der Waals surface area (Å²) in [6, 6.07) is 10.2. The Hall–Kier alpha value is -2.41. The maximum absolute atomic E-state index is 13.6. The number of alkyl halides is 3. The predicted molar refractivity (Wildman–Crippen MR) is 81.2 cm³/mol. The molecule has 1 aromatic heterocycles. The lowest BCUT2D eigenvalue weighted by atomic mass is 10.2. The summed E-state index contributed by atoms with van der Waals surface area (Å²) in [5.41, 5.74) is -0.819. The zero-order valence-electron chi connectivity index (χ0n) is 11.4. The summed E-state index contributed by atoms with van der Waals surface area (Å²) < 4.78 is 52.2. The Morgan fingerprint density at radius 2 is 1.78 bits per heavy atom. The molecule has 2 aromatic carbocycles. The number of hydrogen-bond acceptors (Lipinski definition) is 2. The van der Waals surface area contributed by atoms with Gasteiger partial charge in [0, 0.05) is 15.8 Å². The number of thiophene rings is 1. The topological polar surface area (TPSA) is 29.1 Å². The highest BCUT2D eigenvalue weighted by Crippen LogP contribution is 2.31. The Balaban J connectivity index is 1.87. The second-order valence-corrected chi connectivity index (χ2v) is 5.88. The van der Waals surface area contributed by atoms with Crippen molar-refractivity contribution in [3.63, 3.8) is 0 Å². The number of nitrogens with one attached hydrogen (secondary N) is 1. The molecule has 1 N–H and O–H groups in total. The van der Waals surface area contributed by atoms with Crippen LogP contribution in [0.15, 0.2) is 48.5 Å². The van der Waals surface area contributed by atoms with E-state index in [4.69, 9.17) is 0 Å². The van der Waals surface area contributed by atoms with E-state index in [1.165, 1.54) is 30.3 Å². The van der Waals surface area contributed by atoms with Crippen LogP contribution in [0, 0.1) is 5.82 Å². The Bertz CT molecular complexity index is 885. The number of halogens is 4. The minimum Gasteiger partial charge on any atom is -0.321 e. The number of carbonyl (C=O) groups excluding carboxylic acids is 1. The quantitative estimate of drug-likeness (QED) is 0.630. The van der Waals surface area contributed by atoms with Crippen molar-refractivity contribution < 1.29 is 22.4 Å². The number of anilines is 1. The number of rotatable bonds is 2. The van der Waals surface area contributed by atoms with Crippen LogP contribution in [0.4, 0.5) is 23.2 Å². The van der Waals surface area contributed by atoms with Crippen LogP contribution in [0.5, 0.6) is 0 Å². The first kappa shape index (κ1) is 15.5. The van der Waals surface area contributed by atoms with Crippen LogP contribution < -0.4 is 5.32 Å². The summed E-state index contributed by atoms with van der Waals surface area (Å²) in [6.45, 7) is 0. The van der Waals surface area contributed by atoms with Crippen molar-refractivity contribution >= 4 is 33.0 Å². The lowest BCUT2D eigenvalue weighted by molar-refractivity contribution is -0.137. The maximum Gasteiger partial charge on any atom is 0.416 e. The molecule has 23 heavy (non-hydrogen) atoms. The fourth-order valence-corrected chi connectivity index (χ4v) is 3.07. The second-order valence-electron chi connectivity index (χ2n) is 4.79. The number of benzene rings is 2. The van der Waals surface area contributed by atoms with Gasteiger partial charge in [-0.15, -0.1) is 11.3 Å². The Kier molecular flexibility index (Phi) is 3.81. The second kappa shape index (κ2) is 5.66. The first-order chi connectivity index (χ1) is 10.8. The largest absolute Gasteiger partial charge is 0.416 e. The van der Waals surface area contributed by atoms with Gasteiger partial charge in [0.05, 0.1) is 10.4 Å². The van der Waals surface area contributed by atoms with Crippen molar-refractivity contribution in [3.8, 4) is 0 Å². The first-order valence-corrected chi connectivity index (χ1v) is 7.33.